The standard InChI is InChI=1S/C29H56O4/c1-25(2)19-13-7-5-10-16-22-29(28(32)33,24-18-12-9-15-21-27(30)31)23-17-11-6-8-14-20-26(3)4/h25-26H,5-24H2,1-4H3,(H,30,31)(H,32,33). The van der Waals surface area contributed by atoms with Crippen LogP contribution in [-0.4, -0.2) is 22.2 Å². The van der Waals surface area contributed by atoms with Crippen LogP contribution in [0.25, 0.3) is 0 Å². The minimum Gasteiger partial charge on any atom is -0.481 e. The fraction of sp³-hybridized carbons (Fsp3) is 0.931. The minimum absolute atomic E-state index is 0.220. The molecule has 4 nitrogen and oxygen atoms in total. The lowest BCUT2D eigenvalue weighted by Gasteiger charge is -2.30. The van der Waals surface area contributed by atoms with E-state index in [-0.39, 0.29) is 6.42 Å². The van der Waals surface area contributed by atoms with Crippen LogP contribution in [0.5, 0.6) is 0 Å². The fourth-order valence-corrected chi connectivity index (χ4v) is 4.88. The molecule has 0 spiro atoms. The predicted molar refractivity (Wildman–Crippen MR) is 140 cm³/mol. The van der Waals surface area contributed by atoms with Crippen molar-refractivity contribution in [1.29, 1.82) is 0 Å². The predicted octanol–water partition coefficient (Wildman–Crippen LogP) is 9.26. The Balaban J connectivity index is 4.53. The van der Waals surface area contributed by atoms with E-state index in [2.05, 4.69) is 27.7 Å². The molecule has 0 aliphatic heterocycles. The number of carbonyl (C=O) groups is 2. The summed E-state index contributed by atoms with van der Waals surface area (Å²) < 4.78 is 0. The van der Waals surface area contributed by atoms with Crippen molar-refractivity contribution in [3.05, 3.63) is 0 Å². The van der Waals surface area contributed by atoms with Crippen molar-refractivity contribution in [2.24, 2.45) is 17.3 Å². The zero-order valence-corrected chi connectivity index (χ0v) is 22.5. The Kier molecular flexibility index (Phi) is 19.7. The first-order valence-corrected chi connectivity index (χ1v) is 14.1. The van der Waals surface area contributed by atoms with Gasteiger partial charge in [-0.15, -0.1) is 0 Å². The number of rotatable bonds is 24. The van der Waals surface area contributed by atoms with E-state index in [0.717, 1.165) is 76.0 Å². The van der Waals surface area contributed by atoms with Gasteiger partial charge < -0.3 is 10.2 Å². The normalized spacial score (nSPS) is 12.1. The molecule has 0 aliphatic rings. The molecule has 196 valence electrons. The Morgan fingerprint density at radius 2 is 0.879 bits per heavy atom. The molecule has 0 radical (unpaired) electrons. The summed E-state index contributed by atoms with van der Waals surface area (Å²) in [5.74, 6) is 0.195. The second kappa shape index (κ2) is 20.3. The maximum absolute atomic E-state index is 12.4. The SMILES string of the molecule is CC(C)CCCCCCCC(CCCCCCCC(C)C)(CCCCCCC(=O)O)C(=O)O. The van der Waals surface area contributed by atoms with Crippen LogP contribution in [0.4, 0.5) is 0 Å². The lowest BCUT2D eigenvalue weighted by Crippen LogP contribution is -2.31. The second-order valence-electron chi connectivity index (χ2n) is 11.3. The zero-order valence-electron chi connectivity index (χ0n) is 22.5. The molecular formula is C29H56O4. The molecule has 0 aromatic heterocycles. The molecule has 0 atom stereocenters. The van der Waals surface area contributed by atoms with Gasteiger partial charge >= 0.3 is 11.9 Å². The van der Waals surface area contributed by atoms with Crippen molar-refractivity contribution in [1.82, 2.24) is 0 Å². The molecule has 0 aromatic carbocycles. The van der Waals surface area contributed by atoms with E-state index in [1.165, 1.54) is 51.4 Å². The summed E-state index contributed by atoms with van der Waals surface area (Å²) in [4.78, 5) is 23.1. The molecule has 0 saturated carbocycles. The number of hydrogen-bond donors (Lipinski definition) is 2. The first-order valence-electron chi connectivity index (χ1n) is 14.1. The van der Waals surface area contributed by atoms with Gasteiger partial charge in [-0.05, 0) is 37.5 Å². The van der Waals surface area contributed by atoms with Crippen molar-refractivity contribution >= 4 is 11.9 Å². The van der Waals surface area contributed by atoms with Gasteiger partial charge in [0.05, 0.1) is 5.41 Å². The first-order chi connectivity index (χ1) is 15.7. The lowest BCUT2D eigenvalue weighted by molar-refractivity contribution is -0.150. The molecule has 0 unspecified atom stereocenters. The van der Waals surface area contributed by atoms with Crippen LogP contribution in [-0.2, 0) is 9.59 Å². The monoisotopic (exact) mass is 468 g/mol. The Hall–Kier alpha value is -1.06. The van der Waals surface area contributed by atoms with Gasteiger partial charge in [0.2, 0.25) is 0 Å². The van der Waals surface area contributed by atoms with E-state index < -0.39 is 17.4 Å². The van der Waals surface area contributed by atoms with Crippen LogP contribution in [0.3, 0.4) is 0 Å². The summed E-state index contributed by atoms with van der Waals surface area (Å²) in [6.45, 7) is 9.08. The summed E-state index contributed by atoms with van der Waals surface area (Å²) in [7, 11) is 0. The van der Waals surface area contributed by atoms with Crippen molar-refractivity contribution in [2.45, 2.75) is 156 Å². The number of hydrogen-bond acceptors (Lipinski definition) is 2. The topological polar surface area (TPSA) is 74.6 Å². The maximum Gasteiger partial charge on any atom is 0.309 e. The van der Waals surface area contributed by atoms with Crippen molar-refractivity contribution in [3.8, 4) is 0 Å². The second-order valence-corrected chi connectivity index (χ2v) is 11.3. The van der Waals surface area contributed by atoms with E-state index in [0.29, 0.717) is 6.42 Å². The zero-order chi connectivity index (χ0) is 25.0. The molecule has 0 rings (SSSR count). The van der Waals surface area contributed by atoms with Gasteiger partial charge in [-0.3, -0.25) is 9.59 Å². The van der Waals surface area contributed by atoms with E-state index >= 15 is 0 Å². The van der Waals surface area contributed by atoms with E-state index in [4.69, 9.17) is 5.11 Å². The maximum atomic E-state index is 12.4. The molecule has 33 heavy (non-hydrogen) atoms. The average Bonchev–Trinajstić information content (AvgIpc) is 2.73. The van der Waals surface area contributed by atoms with Crippen LogP contribution >= 0.6 is 0 Å². The largest absolute Gasteiger partial charge is 0.481 e. The molecule has 0 fully saturated rings. The van der Waals surface area contributed by atoms with Gasteiger partial charge in [-0.2, -0.15) is 0 Å². The van der Waals surface area contributed by atoms with Gasteiger partial charge in [0.1, 0.15) is 0 Å². The molecule has 0 aliphatic carbocycles. The fourth-order valence-electron chi connectivity index (χ4n) is 4.88. The van der Waals surface area contributed by atoms with Crippen LogP contribution in [0, 0.1) is 17.3 Å². The van der Waals surface area contributed by atoms with Gasteiger partial charge in [-0.1, -0.05) is 124 Å². The third-order valence-corrected chi connectivity index (χ3v) is 7.12. The van der Waals surface area contributed by atoms with Gasteiger partial charge in [-0.25, -0.2) is 0 Å². The van der Waals surface area contributed by atoms with E-state index in [1.54, 1.807) is 0 Å². The first kappa shape index (κ1) is 31.9. The number of carboxylic acid groups (broad SMARTS) is 2. The number of unbranched alkanes of at least 4 members (excludes halogenated alkanes) is 11. The van der Waals surface area contributed by atoms with E-state index in [1.807, 2.05) is 0 Å². The highest BCUT2D eigenvalue weighted by Crippen LogP contribution is 2.38. The average molecular weight is 469 g/mol. The van der Waals surface area contributed by atoms with Gasteiger partial charge in [0, 0.05) is 6.42 Å². The smallest absolute Gasteiger partial charge is 0.309 e. The Labute approximate surface area is 205 Å². The van der Waals surface area contributed by atoms with E-state index in [9.17, 15) is 14.7 Å². The summed E-state index contributed by atoms with van der Waals surface area (Å²) in [6.07, 6.45) is 20.4. The molecule has 4 heteroatoms. The molecule has 0 bridgehead atoms. The molecule has 0 heterocycles. The third kappa shape index (κ3) is 19.0. The molecule has 2 N–H and O–H groups in total. The van der Waals surface area contributed by atoms with Crippen LogP contribution in [0.1, 0.15) is 156 Å². The summed E-state index contributed by atoms with van der Waals surface area (Å²) in [5, 5.41) is 19.0. The van der Waals surface area contributed by atoms with Gasteiger partial charge in [0.15, 0.2) is 0 Å². The highest BCUT2D eigenvalue weighted by atomic mass is 16.4. The Morgan fingerprint density at radius 3 is 1.21 bits per heavy atom. The molecule has 0 aromatic rings. The van der Waals surface area contributed by atoms with Crippen LogP contribution < -0.4 is 0 Å². The summed E-state index contributed by atoms with van der Waals surface area (Å²) >= 11 is 0. The number of carboxylic acids is 2. The van der Waals surface area contributed by atoms with Crippen LogP contribution in [0.15, 0.2) is 0 Å². The Bertz CT molecular complexity index is 462. The molecule has 0 amide bonds. The summed E-state index contributed by atoms with van der Waals surface area (Å²) in [5.41, 5.74) is -0.581. The summed E-state index contributed by atoms with van der Waals surface area (Å²) in [6, 6.07) is 0. The quantitative estimate of drug-likeness (QED) is 0.138. The van der Waals surface area contributed by atoms with Crippen molar-refractivity contribution < 1.29 is 19.8 Å². The third-order valence-electron chi connectivity index (χ3n) is 7.12. The molecular weight excluding hydrogens is 412 g/mol. The Morgan fingerprint density at radius 1 is 0.545 bits per heavy atom. The molecule has 0 saturated heterocycles. The lowest BCUT2D eigenvalue weighted by atomic mass is 9.74. The van der Waals surface area contributed by atoms with Crippen molar-refractivity contribution in [2.75, 3.05) is 0 Å². The van der Waals surface area contributed by atoms with Crippen molar-refractivity contribution in [3.63, 3.8) is 0 Å². The minimum atomic E-state index is -0.739. The highest BCUT2D eigenvalue weighted by molar-refractivity contribution is 5.74. The number of aliphatic carboxylic acids is 2. The highest BCUT2D eigenvalue weighted by Gasteiger charge is 2.36. The van der Waals surface area contributed by atoms with Gasteiger partial charge in [0.25, 0.3) is 0 Å². The van der Waals surface area contributed by atoms with Crippen LogP contribution in [0.2, 0.25) is 0 Å².